The fraction of sp³-hybridized carbons (Fsp3) is 0.538. The number of benzene rings is 1. The van der Waals surface area contributed by atoms with Crippen LogP contribution in [-0.2, 0) is 6.18 Å². The smallest absolute Gasteiger partial charge is 0.416 e. The first kappa shape index (κ1) is 14.7. The summed E-state index contributed by atoms with van der Waals surface area (Å²) in [6.45, 7) is 0.876. The van der Waals surface area contributed by atoms with Crippen molar-refractivity contribution in [2.75, 3.05) is 13.7 Å². The molecule has 0 aliphatic carbocycles. The molecule has 6 heteroatoms. The maximum absolute atomic E-state index is 12.8. The summed E-state index contributed by atoms with van der Waals surface area (Å²) in [5.41, 5.74) is 0.0750. The van der Waals surface area contributed by atoms with Gasteiger partial charge in [0.25, 0.3) is 0 Å². The third kappa shape index (κ3) is 3.23. The van der Waals surface area contributed by atoms with Crippen LogP contribution in [0.25, 0.3) is 0 Å². The zero-order chi connectivity index (χ0) is 14.0. The second kappa shape index (κ2) is 5.71. The summed E-state index contributed by atoms with van der Waals surface area (Å²) in [6.07, 6.45) is -1.31. The maximum atomic E-state index is 12.8. The third-order valence-corrected chi connectivity index (χ3v) is 3.95. The molecule has 1 unspecified atom stereocenters. The molecular weight excluding hydrogens is 323 g/mol. The Labute approximate surface area is 118 Å². The molecule has 1 atom stereocenters. The van der Waals surface area contributed by atoms with Crippen LogP contribution in [0.2, 0.25) is 0 Å². The lowest BCUT2D eigenvalue weighted by Crippen LogP contribution is -2.27. The summed E-state index contributed by atoms with van der Waals surface area (Å²) in [4.78, 5) is 0. The Hall–Kier alpha value is -0.750. The number of hydrogen-bond acceptors (Lipinski definition) is 2. The van der Waals surface area contributed by atoms with Gasteiger partial charge in [0.1, 0.15) is 5.75 Å². The van der Waals surface area contributed by atoms with Crippen LogP contribution in [0.15, 0.2) is 16.6 Å². The van der Waals surface area contributed by atoms with Gasteiger partial charge in [-0.1, -0.05) is 22.4 Å². The Morgan fingerprint density at radius 1 is 1.32 bits per heavy atom. The number of ether oxygens (including phenoxy) is 1. The first-order chi connectivity index (χ1) is 8.93. The predicted octanol–water partition coefficient (Wildman–Crippen LogP) is 4.29. The molecule has 0 aromatic heterocycles. The minimum atomic E-state index is -4.37. The normalized spacial score (nSPS) is 20.4. The van der Waals surface area contributed by atoms with E-state index in [1.54, 1.807) is 0 Å². The molecule has 0 amide bonds. The van der Waals surface area contributed by atoms with E-state index in [1.165, 1.54) is 7.11 Å². The van der Waals surface area contributed by atoms with Crippen molar-refractivity contribution >= 4 is 15.9 Å². The molecule has 0 saturated carbocycles. The quantitative estimate of drug-likeness (QED) is 0.869. The van der Waals surface area contributed by atoms with Crippen LogP contribution < -0.4 is 10.1 Å². The Kier molecular flexibility index (Phi) is 4.40. The Morgan fingerprint density at radius 3 is 2.58 bits per heavy atom. The van der Waals surface area contributed by atoms with Crippen LogP contribution >= 0.6 is 15.9 Å². The largest absolute Gasteiger partial charge is 0.496 e. The van der Waals surface area contributed by atoms with Crippen LogP contribution in [-0.4, -0.2) is 13.7 Å². The summed E-state index contributed by atoms with van der Waals surface area (Å²) in [6, 6.07) is 2.23. The number of alkyl halides is 3. The van der Waals surface area contributed by atoms with Gasteiger partial charge in [-0.2, -0.15) is 13.2 Å². The second-order valence-corrected chi connectivity index (χ2v) is 5.43. The maximum Gasteiger partial charge on any atom is 0.416 e. The first-order valence-electron chi connectivity index (χ1n) is 6.11. The Morgan fingerprint density at radius 2 is 2.05 bits per heavy atom. The molecule has 2 nitrogen and oxygen atoms in total. The van der Waals surface area contributed by atoms with Gasteiger partial charge in [0.15, 0.2) is 0 Å². The Bertz CT molecular complexity index is 456. The van der Waals surface area contributed by atoms with E-state index >= 15 is 0 Å². The van der Waals surface area contributed by atoms with E-state index in [-0.39, 0.29) is 11.8 Å². The minimum Gasteiger partial charge on any atom is -0.496 e. The van der Waals surface area contributed by atoms with Crippen molar-refractivity contribution in [1.29, 1.82) is 0 Å². The summed E-state index contributed by atoms with van der Waals surface area (Å²) in [5.74, 6) is 0.279. The van der Waals surface area contributed by atoms with Crippen molar-refractivity contribution in [2.45, 2.75) is 31.5 Å². The molecular formula is C13H15BrF3NO. The summed E-state index contributed by atoms with van der Waals surface area (Å²) >= 11 is 3.25. The van der Waals surface area contributed by atoms with Gasteiger partial charge in [-0.05, 0) is 31.5 Å². The average molecular weight is 338 g/mol. The zero-order valence-electron chi connectivity index (χ0n) is 10.5. The summed E-state index contributed by atoms with van der Waals surface area (Å²) < 4.78 is 43.9. The van der Waals surface area contributed by atoms with Gasteiger partial charge in [0.2, 0.25) is 0 Å². The molecule has 1 heterocycles. The lowest BCUT2D eigenvalue weighted by molar-refractivity contribution is -0.137. The standard InChI is InChI=1S/C13H15BrF3NO/c1-19-11-7-8(13(15,16)17)6-9(14)12(11)10-4-2-3-5-18-10/h6-7,10,18H,2-5H2,1H3. The van der Waals surface area contributed by atoms with E-state index < -0.39 is 11.7 Å². The fourth-order valence-corrected chi connectivity index (χ4v) is 3.08. The monoisotopic (exact) mass is 337 g/mol. The van der Waals surface area contributed by atoms with Crippen molar-refractivity contribution in [3.63, 3.8) is 0 Å². The number of piperidine rings is 1. The molecule has 0 spiro atoms. The van der Waals surface area contributed by atoms with Crippen molar-refractivity contribution in [3.05, 3.63) is 27.7 Å². The fourth-order valence-electron chi connectivity index (χ4n) is 2.36. The van der Waals surface area contributed by atoms with E-state index in [9.17, 15) is 13.2 Å². The van der Waals surface area contributed by atoms with Crippen LogP contribution in [0.5, 0.6) is 5.75 Å². The highest BCUT2D eigenvalue weighted by atomic mass is 79.9. The third-order valence-electron chi connectivity index (χ3n) is 3.30. The number of nitrogens with one attached hydrogen (secondary N) is 1. The zero-order valence-corrected chi connectivity index (χ0v) is 12.1. The molecule has 19 heavy (non-hydrogen) atoms. The lowest BCUT2D eigenvalue weighted by Gasteiger charge is -2.27. The van der Waals surface area contributed by atoms with E-state index in [2.05, 4.69) is 21.2 Å². The highest BCUT2D eigenvalue weighted by molar-refractivity contribution is 9.10. The molecule has 2 rings (SSSR count). The molecule has 1 aliphatic heterocycles. The van der Waals surface area contributed by atoms with E-state index in [0.717, 1.165) is 43.5 Å². The van der Waals surface area contributed by atoms with Crippen LogP contribution in [0.1, 0.15) is 36.4 Å². The minimum absolute atomic E-state index is 0.0420. The topological polar surface area (TPSA) is 21.3 Å². The van der Waals surface area contributed by atoms with Crippen LogP contribution in [0.3, 0.4) is 0 Å². The number of halogens is 4. The van der Waals surface area contributed by atoms with Gasteiger partial charge in [0, 0.05) is 16.1 Å². The van der Waals surface area contributed by atoms with Gasteiger partial charge >= 0.3 is 6.18 Å². The van der Waals surface area contributed by atoms with Gasteiger partial charge < -0.3 is 10.1 Å². The van der Waals surface area contributed by atoms with E-state index in [0.29, 0.717) is 4.47 Å². The van der Waals surface area contributed by atoms with Gasteiger partial charge in [-0.3, -0.25) is 0 Å². The average Bonchev–Trinajstić information content (AvgIpc) is 2.37. The van der Waals surface area contributed by atoms with E-state index in [1.807, 2.05) is 0 Å². The van der Waals surface area contributed by atoms with Gasteiger partial charge in [0.05, 0.1) is 12.7 Å². The molecule has 0 radical (unpaired) electrons. The van der Waals surface area contributed by atoms with Crippen molar-refractivity contribution < 1.29 is 17.9 Å². The first-order valence-corrected chi connectivity index (χ1v) is 6.91. The number of hydrogen-bond donors (Lipinski definition) is 1. The van der Waals surface area contributed by atoms with Crippen molar-refractivity contribution in [2.24, 2.45) is 0 Å². The molecule has 106 valence electrons. The summed E-state index contributed by atoms with van der Waals surface area (Å²) in [7, 11) is 1.40. The SMILES string of the molecule is COc1cc(C(F)(F)F)cc(Br)c1C1CCCCN1. The summed E-state index contributed by atoms with van der Waals surface area (Å²) in [5, 5.41) is 3.32. The Balaban J connectivity index is 2.43. The number of methoxy groups -OCH3 is 1. The van der Waals surface area contributed by atoms with Crippen LogP contribution in [0, 0.1) is 0 Å². The molecule has 0 bridgehead atoms. The van der Waals surface area contributed by atoms with E-state index in [4.69, 9.17) is 4.74 Å². The highest BCUT2D eigenvalue weighted by Gasteiger charge is 2.33. The van der Waals surface area contributed by atoms with Gasteiger partial charge in [-0.15, -0.1) is 0 Å². The second-order valence-electron chi connectivity index (χ2n) is 4.57. The van der Waals surface area contributed by atoms with Crippen LogP contribution in [0.4, 0.5) is 13.2 Å². The lowest BCUT2D eigenvalue weighted by atomic mass is 9.95. The van der Waals surface area contributed by atoms with Crippen molar-refractivity contribution in [3.8, 4) is 5.75 Å². The van der Waals surface area contributed by atoms with Gasteiger partial charge in [-0.25, -0.2) is 0 Å². The van der Waals surface area contributed by atoms with Crippen molar-refractivity contribution in [1.82, 2.24) is 5.32 Å². The number of rotatable bonds is 2. The molecule has 1 fully saturated rings. The molecule has 1 aromatic rings. The highest BCUT2D eigenvalue weighted by Crippen LogP contribution is 2.41. The molecule has 1 saturated heterocycles. The molecule has 1 N–H and O–H groups in total. The molecule has 1 aliphatic rings. The molecule has 1 aromatic carbocycles. The predicted molar refractivity (Wildman–Crippen MR) is 70.3 cm³/mol.